The molecule has 0 aliphatic heterocycles. The number of hydrogen-bond donors (Lipinski definition) is 0. The molecule has 0 radical (unpaired) electrons. The lowest BCUT2D eigenvalue weighted by Crippen LogP contribution is -2.22. The predicted octanol–water partition coefficient (Wildman–Crippen LogP) is 7.25. The second-order valence-corrected chi connectivity index (χ2v) is 10.1. The molecule has 2 rings (SSSR count). The summed E-state index contributed by atoms with van der Waals surface area (Å²) in [5.74, 6) is 0. The van der Waals surface area contributed by atoms with Gasteiger partial charge in [-0.25, -0.2) is 0 Å². The lowest BCUT2D eigenvalue weighted by Gasteiger charge is -2.33. The van der Waals surface area contributed by atoms with E-state index in [1.54, 1.807) is 0 Å². The van der Waals surface area contributed by atoms with E-state index in [0.29, 0.717) is 0 Å². The van der Waals surface area contributed by atoms with Crippen LogP contribution in [0, 0.1) is 0 Å². The Kier molecular flexibility index (Phi) is 4.74. The molecule has 0 nitrogen and oxygen atoms in total. The van der Waals surface area contributed by atoms with Gasteiger partial charge in [0.15, 0.2) is 0 Å². The van der Waals surface area contributed by atoms with Crippen LogP contribution >= 0.6 is 0 Å². The average molecular weight is 323 g/mol. The van der Waals surface area contributed by atoms with Crippen LogP contribution in [0.15, 0.2) is 42.5 Å². The molecule has 0 fully saturated rings. The van der Waals surface area contributed by atoms with Crippen LogP contribution in [0.4, 0.5) is 0 Å². The Labute approximate surface area is 149 Å². The van der Waals surface area contributed by atoms with Gasteiger partial charge in [0.05, 0.1) is 0 Å². The molecule has 0 unspecified atom stereocenters. The van der Waals surface area contributed by atoms with Crippen LogP contribution in [0.2, 0.25) is 0 Å². The first-order valence-corrected chi connectivity index (χ1v) is 9.07. The third-order valence-electron chi connectivity index (χ3n) is 4.68. The zero-order valence-electron chi connectivity index (χ0n) is 17.0. The molecule has 0 atom stereocenters. The first kappa shape index (κ1) is 18.8. The van der Waals surface area contributed by atoms with Gasteiger partial charge in [-0.1, -0.05) is 105 Å². The molecule has 0 aliphatic rings. The van der Waals surface area contributed by atoms with E-state index >= 15 is 0 Å². The number of rotatable bonds is 1. The Bertz CT molecular complexity index is 663. The summed E-state index contributed by atoms with van der Waals surface area (Å²) < 4.78 is 0. The van der Waals surface area contributed by atoms with Crippen molar-refractivity contribution in [2.24, 2.45) is 0 Å². The highest BCUT2D eigenvalue weighted by Crippen LogP contribution is 2.43. The fraction of sp³-hybridized carbons (Fsp3) is 0.500. The van der Waals surface area contributed by atoms with E-state index in [-0.39, 0.29) is 16.2 Å². The molecule has 0 spiro atoms. The van der Waals surface area contributed by atoms with E-state index in [0.717, 1.165) is 0 Å². The lowest BCUT2D eigenvalue weighted by molar-refractivity contribution is 0.550. The Morgan fingerprint density at radius 2 is 0.958 bits per heavy atom. The van der Waals surface area contributed by atoms with Gasteiger partial charge in [0.1, 0.15) is 0 Å². The lowest BCUT2D eigenvalue weighted by atomic mass is 9.71. The van der Waals surface area contributed by atoms with Crippen molar-refractivity contribution in [2.45, 2.75) is 78.6 Å². The molecule has 0 saturated carbocycles. The standard InChI is InChI=1S/C24H34/c1-22(2,3)18-15-19(23(4,5)6)21(17-13-11-10-12-14-17)20(16-18)24(7,8)9/h10-16H,1-9H3. The van der Waals surface area contributed by atoms with E-state index in [2.05, 4.69) is 105 Å². The molecule has 2 aromatic rings. The summed E-state index contributed by atoms with van der Waals surface area (Å²) in [5, 5.41) is 0. The molecule has 2 aromatic carbocycles. The third-order valence-corrected chi connectivity index (χ3v) is 4.68. The molecule has 0 amide bonds. The molecule has 0 heterocycles. The van der Waals surface area contributed by atoms with Gasteiger partial charge < -0.3 is 0 Å². The van der Waals surface area contributed by atoms with Crippen molar-refractivity contribution in [3.63, 3.8) is 0 Å². The van der Waals surface area contributed by atoms with Crippen LogP contribution in [0.1, 0.15) is 79.0 Å². The van der Waals surface area contributed by atoms with Gasteiger partial charge >= 0.3 is 0 Å². The fourth-order valence-electron chi connectivity index (χ4n) is 3.17. The molecular weight excluding hydrogens is 288 g/mol. The van der Waals surface area contributed by atoms with Crippen molar-refractivity contribution in [1.29, 1.82) is 0 Å². The zero-order valence-corrected chi connectivity index (χ0v) is 17.0. The van der Waals surface area contributed by atoms with Crippen molar-refractivity contribution in [2.75, 3.05) is 0 Å². The number of benzene rings is 2. The summed E-state index contributed by atoms with van der Waals surface area (Å²) in [6.07, 6.45) is 0. The Hall–Kier alpha value is -1.56. The van der Waals surface area contributed by atoms with Crippen LogP contribution in [-0.4, -0.2) is 0 Å². The van der Waals surface area contributed by atoms with Crippen LogP contribution in [-0.2, 0) is 16.2 Å². The molecule has 130 valence electrons. The smallest absolute Gasteiger partial charge is 0.0109 e. The van der Waals surface area contributed by atoms with Gasteiger partial charge in [-0.05, 0) is 44.1 Å². The van der Waals surface area contributed by atoms with Gasteiger partial charge in [0.2, 0.25) is 0 Å². The Morgan fingerprint density at radius 1 is 0.542 bits per heavy atom. The normalized spacial score (nSPS) is 13.2. The average Bonchev–Trinajstić information content (AvgIpc) is 2.44. The van der Waals surface area contributed by atoms with Crippen LogP contribution < -0.4 is 0 Å². The molecule has 0 saturated heterocycles. The van der Waals surface area contributed by atoms with E-state index in [9.17, 15) is 0 Å². The molecule has 0 aliphatic carbocycles. The predicted molar refractivity (Wildman–Crippen MR) is 108 cm³/mol. The summed E-state index contributed by atoms with van der Waals surface area (Å²) in [4.78, 5) is 0. The highest BCUT2D eigenvalue weighted by atomic mass is 14.3. The molecular formula is C24H34. The van der Waals surface area contributed by atoms with E-state index in [1.165, 1.54) is 27.8 Å². The maximum atomic E-state index is 2.44. The zero-order chi connectivity index (χ0) is 18.3. The first-order valence-electron chi connectivity index (χ1n) is 9.07. The minimum absolute atomic E-state index is 0.104. The van der Waals surface area contributed by atoms with Gasteiger partial charge in [0.25, 0.3) is 0 Å². The molecule has 0 N–H and O–H groups in total. The van der Waals surface area contributed by atoms with Crippen molar-refractivity contribution < 1.29 is 0 Å². The van der Waals surface area contributed by atoms with Crippen molar-refractivity contribution in [3.8, 4) is 11.1 Å². The topological polar surface area (TPSA) is 0 Å². The van der Waals surface area contributed by atoms with Crippen LogP contribution in [0.3, 0.4) is 0 Å². The molecule has 0 aromatic heterocycles. The summed E-state index contributed by atoms with van der Waals surface area (Å²) in [6, 6.07) is 15.8. The minimum atomic E-state index is 0.104. The third kappa shape index (κ3) is 3.91. The molecule has 0 heteroatoms. The van der Waals surface area contributed by atoms with Gasteiger partial charge in [-0.2, -0.15) is 0 Å². The van der Waals surface area contributed by atoms with E-state index in [4.69, 9.17) is 0 Å². The van der Waals surface area contributed by atoms with E-state index in [1.807, 2.05) is 0 Å². The van der Waals surface area contributed by atoms with Crippen molar-refractivity contribution in [3.05, 3.63) is 59.2 Å². The summed E-state index contributed by atoms with van der Waals surface area (Å²) in [5.41, 5.74) is 7.43. The highest BCUT2D eigenvalue weighted by Gasteiger charge is 2.29. The minimum Gasteiger partial charge on any atom is -0.0622 e. The first-order chi connectivity index (χ1) is 10.8. The largest absolute Gasteiger partial charge is 0.0622 e. The highest BCUT2D eigenvalue weighted by molar-refractivity contribution is 5.74. The maximum Gasteiger partial charge on any atom is -0.0109 e. The maximum absolute atomic E-state index is 2.44. The summed E-state index contributed by atoms with van der Waals surface area (Å²) in [7, 11) is 0. The van der Waals surface area contributed by atoms with Crippen molar-refractivity contribution in [1.82, 2.24) is 0 Å². The van der Waals surface area contributed by atoms with Gasteiger partial charge in [0, 0.05) is 0 Å². The summed E-state index contributed by atoms with van der Waals surface area (Å²) >= 11 is 0. The van der Waals surface area contributed by atoms with E-state index < -0.39 is 0 Å². The second kappa shape index (κ2) is 6.06. The van der Waals surface area contributed by atoms with Gasteiger partial charge in [-0.15, -0.1) is 0 Å². The Morgan fingerprint density at radius 3 is 1.29 bits per heavy atom. The van der Waals surface area contributed by atoms with Gasteiger partial charge in [-0.3, -0.25) is 0 Å². The molecule has 0 bridgehead atoms. The number of hydrogen-bond acceptors (Lipinski definition) is 0. The Balaban J connectivity index is 2.94. The van der Waals surface area contributed by atoms with Crippen LogP contribution in [0.25, 0.3) is 11.1 Å². The monoisotopic (exact) mass is 322 g/mol. The second-order valence-electron chi connectivity index (χ2n) is 10.1. The summed E-state index contributed by atoms with van der Waals surface area (Å²) in [6.45, 7) is 20.9. The van der Waals surface area contributed by atoms with Crippen molar-refractivity contribution >= 4 is 0 Å². The molecule has 24 heavy (non-hydrogen) atoms. The fourth-order valence-corrected chi connectivity index (χ4v) is 3.17. The SMILES string of the molecule is CC(C)(C)c1cc(C(C)(C)C)c(-c2ccccc2)c(C(C)(C)C)c1. The quantitative estimate of drug-likeness (QED) is 0.519. The van der Waals surface area contributed by atoms with Crippen LogP contribution in [0.5, 0.6) is 0 Å².